The zero-order valence-corrected chi connectivity index (χ0v) is 11.1. The Morgan fingerprint density at radius 2 is 1.89 bits per heavy atom. The number of nitrogens with zero attached hydrogens (tertiary/aromatic N) is 1. The predicted molar refractivity (Wildman–Crippen MR) is 72.6 cm³/mol. The molecule has 1 fully saturated rings. The molecule has 0 aromatic heterocycles. The lowest BCUT2D eigenvalue weighted by atomic mass is 9.95. The molecule has 0 spiro atoms. The van der Waals surface area contributed by atoms with E-state index in [0.717, 1.165) is 25.6 Å². The number of halogens is 1. The summed E-state index contributed by atoms with van der Waals surface area (Å²) in [7, 11) is 2.13. The molecule has 0 saturated heterocycles. The molecule has 2 N–H and O–H groups in total. The highest BCUT2D eigenvalue weighted by molar-refractivity contribution is 5.15. The van der Waals surface area contributed by atoms with Gasteiger partial charge in [-0.15, -0.1) is 0 Å². The highest BCUT2D eigenvalue weighted by Gasteiger charge is 2.26. The normalized spacial score (nSPS) is 23.8. The number of rotatable bonds is 5. The first-order chi connectivity index (χ1) is 8.69. The van der Waals surface area contributed by atoms with Crippen LogP contribution in [-0.4, -0.2) is 25.0 Å². The van der Waals surface area contributed by atoms with Gasteiger partial charge in [-0.25, -0.2) is 4.39 Å². The Bertz CT molecular complexity index is 363. The van der Waals surface area contributed by atoms with Crippen molar-refractivity contribution in [1.82, 2.24) is 4.90 Å². The third-order valence-corrected chi connectivity index (χ3v) is 4.03. The Balaban J connectivity index is 1.84. The van der Waals surface area contributed by atoms with Crippen molar-refractivity contribution in [1.29, 1.82) is 0 Å². The first-order valence-corrected chi connectivity index (χ1v) is 6.82. The van der Waals surface area contributed by atoms with Crippen molar-refractivity contribution in [3.63, 3.8) is 0 Å². The first kappa shape index (κ1) is 13.5. The Morgan fingerprint density at radius 3 is 2.56 bits per heavy atom. The molecule has 0 bridgehead atoms. The molecule has 0 heterocycles. The van der Waals surface area contributed by atoms with Crippen LogP contribution in [0.5, 0.6) is 0 Å². The zero-order valence-electron chi connectivity index (χ0n) is 11.1. The predicted octanol–water partition coefficient (Wildman–Crippen LogP) is 2.63. The van der Waals surface area contributed by atoms with E-state index >= 15 is 0 Å². The molecule has 2 atom stereocenters. The van der Waals surface area contributed by atoms with Gasteiger partial charge in [0.1, 0.15) is 5.82 Å². The summed E-state index contributed by atoms with van der Waals surface area (Å²) in [5.41, 5.74) is 6.98. The summed E-state index contributed by atoms with van der Waals surface area (Å²) in [5, 5.41) is 0. The maximum Gasteiger partial charge on any atom is 0.123 e. The molecule has 2 rings (SSSR count). The van der Waals surface area contributed by atoms with Gasteiger partial charge < -0.3 is 10.6 Å². The molecule has 1 aliphatic rings. The maximum atomic E-state index is 12.8. The molecule has 1 aliphatic carbocycles. The third-order valence-electron chi connectivity index (χ3n) is 4.03. The summed E-state index contributed by atoms with van der Waals surface area (Å²) in [6.45, 7) is 2.79. The monoisotopic (exact) mass is 250 g/mol. The molecule has 1 aromatic rings. The summed E-state index contributed by atoms with van der Waals surface area (Å²) < 4.78 is 12.8. The van der Waals surface area contributed by atoms with Gasteiger partial charge in [0.15, 0.2) is 0 Å². The average molecular weight is 250 g/mol. The van der Waals surface area contributed by atoms with Crippen LogP contribution < -0.4 is 5.73 Å². The summed E-state index contributed by atoms with van der Waals surface area (Å²) >= 11 is 0. The van der Waals surface area contributed by atoms with Crippen LogP contribution in [0.15, 0.2) is 24.3 Å². The van der Waals surface area contributed by atoms with Crippen LogP contribution in [0, 0.1) is 17.7 Å². The van der Waals surface area contributed by atoms with Crippen LogP contribution in [0.4, 0.5) is 4.39 Å². The Kier molecular flexibility index (Phi) is 4.72. The molecule has 0 radical (unpaired) electrons. The molecule has 100 valence electrons. The smallest absolute Gasteiger partial charge is 0.123 e. The van der Waals surface area contributed by atoms with E-state index in [-0.39, 0.29) is 5.82 Å². The topological polar surface area (TPSA) is 29.3 Å². The van der Waals surface area contributed by atoms with E-state index in [1.165, 1.54) is 37.0 Å². The van der Waals surface area contributed by atoms with Gasteiger partial charge >= 0.3 is 0 Å². The van der Waals surface area contributed by atoms with Gasteiger partial charge in [-0.2, -0.15) is 0 Å². The van der Waals surface area contributed by atoms with Crippen molar-refractivity contribution >= 4 is 0 Å². The van der Waals surface area contributed by atoms with Gasteiger partial charge in [0.05, 0.1) is 0 Å². The second kappa shape index (κ2) is 6.30. The van der Waals surface area contributed by atoms with Crippen molar-refractivity contribution < 1.29 is 4.39 Å². The van der Waals surface area contributed by atoms with Crippen molar-refractivity contribution in [2.45, 2.75) is 25.8 Å². The summed E-state index contributed by atoms with van der Waals surface area (Å²) in [6, 6.07) is 6.78. The highest BCUT2D eigenvalue weighted by Crippen LogP contribution is 2.31. The van der Waals surface area contributed by atoms with Gasteiger partial charge in [-0.1, -0.05) is 18.6 Å². The van der Waals surface area contributed by atoms with Crippen molar-refractivity contribution in [3.05, 3.63) is 35.6 Å². The van der Waals surface area contributed by atoms with E-state index in [0.29, 0.717) is 5.92 Å². The largest absolute Gasteiger partial charge is 0.330 e. The molecule has 0 amide bonds. The molecule has 18 heavy (non-hydrogen) atoms. The minimum atomic E-state index is -0.166. The van der Waals surface area contributed by atoms with Gasteiger partial charge in [-0.3, -0.25) is 0 Å². The van der Waals surface area contributed by atoms with Gasteiger partial charge in [0.25, 0.3) is 0 Å². The molecule has 3 heteroatoms. The second-order valence-corrected chi connectivity index (χ2v) is 5.51. The molecular weight excluding hydrogens is 227 g/mol. The van der Waals surface area contributed by atoms with E-state index < -0.39 is 0 Å². The number of hydrogen-bond donors (Lipinski definition) is 1. The third kappa shape index (κ3) is 3.53. The molecule has 2 nitrogen and oxygen atoms in total. The van der Waals surface area contributed by atoms with Gasteiger partial charge in [0, 0.05) is 13.1 Å². The SMILES string of the molecule is CN(Cc1ccc(F)cc1)CC1CCCC1CN. The van der Waals surface area contributed by atoms with Crippen molar-refractivity contribution in [2.24, 2.45) is 17.6 Å². The second-order valence-electron chi connectivity index (χ2n) is 5.51. The molecule has 2 unspecified atom stereocenters. The van der Waals surface area contributed by atoms with Crippen LogP contribution in [-0.2, 0) is 6.54 Å². The van der Waals surface area contributed by atoms with Crippen molar-refractivity contribution in [3.8, 4) is 0 Å². The van der Waals surface area contributed by atoms with Crippen LogP contribution in [0.2, 0.25) is 0 Å². The van der Waals surface area contributed by atoms with Gasteiger partial charge in [-0.05, 0) is 56.0 Å². The minimum absolute atomic E-state index is 0.166. The van der Waals surface area contributed by atoms with E-state index in [1.807, 2.05) is 12.1 Å². The Morgan fingerprint density at radius 1 is 1.22 bits per heavy atom. The fourth-order valence-electron chi connectivity index (χ4n) is 3.03. The number of nitrogens with two attached hydrogens (primary N) is 1. The van der Waals surface area contributed by atoms with E-state index in [9.17, 15) is 4.39 Å². The van der Waals surface area contributed by atoms with Gasteiger partial charge in [0.2, 0.25) is 0 Å². The standard InChI is InChI=1S/C15H23FN2/c1-18(10-12-5-7-15(16)8-6-12)11-14-4-2-3-13(14)9-17/h5-8,13-14H,2-4,9-11,17H2,1H3. The number of benzene rings is 1. The van der Waals surface area contributed by atoms with E-state index in [4.69, 9.17) is 5.73 Å². The molecular formula is C15H23FN2. The fourth-order valence-corrected chi connectivity index (χ4v) is 3.03. The van der Waals surface area contributed by atoms with Crippen molar-refractivity contribution in [2.75, 3.05) is 20.1 Å². The first-order valence-electron chi connectivity index (χ1n) is 6.82. The van der Waals surface area contributed by atoms with E-state index in [1.54, 1.807) is 0 Å². The Labute approximate surface area is 109 Å². The summed E-state index contributed by atoms with van der Waals surface area (Å²) in [4.78, 5) is 2.33. The van der Waals surface area contributed by atoms with Crippen LogP contribution >= 0.6 is 0 Å². The maximum absolute atomic E-state index is 12.8. The lowest BCUT2D eigenvalue weighted by Crippen LogP contribution is -2.30. The summed E-state index contributed by atoms with van der Waals surface area (Å²) in [5.74, 6) is 1.27. The average Bonchev–Trinajstić information content (AvgIpc) is 2.79. The van der Waals surface area contributed by atoms with E-state index in [2.05, 4.69) is 11.9 Å². The molecule has 0 aliphatic heterocycles. The van der Waals surface area contributed by atoms with Crippen LogP contribution in [0.1, 0.15) is 24.8 Å². The quantitative estimate of drug-likeness (QED) is 0.870. The van der Waals surface area contributed by atoms with Crippen LogP contribution in [0.25, 0.3) is 0 Å². The molecule has 1 saturated carbocycles. The molecule has 1 aromatic carbocycles. The minimum Gasteiger partial charge on any atom is -0.330 e. The Hall–Kier alpha value is -0.930. The number of hydrogen-bond acceptors (Lipinski definition) is 2. The lowest BCUT2D eigenvalue weighted by molar-refractivity contribution is 0.237. The zero-order chi connectivity index (χ0) is 13.0. The summed E-state index contributed by atoms with van der Waals surface area (Å²) in [6.07, 6.45) is 3.90. The lowest BCUT2D eigenvalue weighted by Gasteiger charge is -2.24. The highest BCUT2D eigenvalue weighted by atomic mass is 19.1. The fraction of sp³-hybridized carbons (Fsp3) is 0.600. The van der Waals surface area contributed by atoms with Crippen LogP contribution in [0.3, 0.4) is 0 Å².